The standard InChI is InChI=1S/C67H60N4O25/c1-64(87)26-11-7-13-32(73)42(26)52(77)44-28(64)19-30-50(70(3)4)54(48(60(68)83)58(81)66(30,89)56(44)79)95-62(85)40-21-34(75)46-36(15-9-17-38(46)93-40)91-23-25(72)24-92-37-16-10-18-39-47(37)35(76)22-41(94-39)63(86)96-55-49(61(69)84)59(82)67(90)31(51(55)71(5)6)20-29-45(57(67)80)53(78)43-27(65(29,2)88)12-8-14-33(43)74/h7-18,21-22,25,28-31,50-51,72-74,79-80,87-90H,19-20,23-24H2,1-6H3,(H2,68,83)(H2,69,84)/t28-,29-,30-,31-,50-,51-,64+,65+,66-,67-/m0/s1. The van der Waals surface area contributed by atoms with E-state index in [1.165, 1.54) is 125 Å². The smallest absolute Gasteiger partial charge is 0.379 e. The number of carbonyl (C=O) groups excluding carboxylic acids is 8. The molecule has 2 heterocycles. The summed E-state index contributed by atoms with van der Waals surface area (Å²) < 4.78 is 34.7. The van der Waals surface area contributed by atoms with Gasteiger partial charge in [-0.2, -0.15) is 0 Å². The van der Waals surface area contributed by atoms with Crippen molar-refractivity contribution in [1.82, 2.24) is 9.80 Å². The van der Waals surface area contributed by atoms with Gasteiger partial charge in [-0.3, -0.25) is 48.2 Å². The third kappa shape index (κ3) is 9.54. The number of rotatable bonds is 14. The summed E-state index contributed by atoms with van der Waals surface area (Å²) in [5, 5.41) is 104. The molecule has 0 unspecified atom stereocenters. The first kappa shape index (κ1) is 65.4. The van der Waals surface area contributed by atoms with Crippen LogP contribution >= 0.6 is 0 Å². The summed E-state index contributed by atoms with van der Waals surface area (Å²) in [4.78, 5) is 142. The fourth-order valence-corrected chi connectivity index (χ4v) is 14.7. The van der Waals surface area contributed by atoms with E-state index in [0.717, 1.165) is 0 Å². The second-order valence-electron chi connectivity index (χ2n) is 25.1. The molecule has 4 aromatic carbocycles. The molecule has 10 atom stereocenters. The van der Waals surface area contributed by atoms with Gasteiger partial charge in [0.25, 0.3) is 11.8 Å². The van der Waals surface area contributed by atoms with Gasteiger partial charge in [-0.05, 0) is 102 Å². The Hall–Kier alpha value is -10.7. The largest absolute Gasteiger partial charge is 0.508 e. The van der Waals surface area contributed by atoms with Crippen molar-refractivity contribution in [3.63, 3.8) is 0 Å². The van der Waals surface area contributed by atoms with Gasteiger partial charge >= 0.3 is 11.9 Å². The molecule has 13 N–H and O–H groups in total. The fraction of sp³-hybridized carbons (Fsp3) is 0.313. The summed E-state index contributed by atoms with van der Waals surface area (Å²) in [6.07, 6.45) is -2.46. The molecule has 29 nitrogen and oxygen atoms in total. The number of likely N-dealkylation sites (N-methyl/N-ethyl adjacent to an activating group) is 2. The number of nitrogens with zero attached hydrogens (tertiary/aromatic N) is 2. The van der Waals surface area contributed by atoms with Gasteiger partial charge < -0.3 is 85.2 Å². The normalized spacial score (nSPS) is 26.9. The van der Waals surface area contributed by atoms with E-state index in [4.69, 9.17) is 39.2 Å². The second-order valence-corrected chi connectivity index (χ2v) is 25.1. The molecular formula is C67H60N4O25. The van der Waals surface area contributed by atoms with E-state index >= 15 is 0 Å². The quantitative estimate of drug-likeness (QED) is 0.0544. The number of hydrogen-bond donors (Lipinski definition) is 11. The van der Waals surface area contributed by atoms with E-state index in [0.29, 0.717) is 12.1 Å². The molecule has 6 aliphatic carbocycles. The predicted molar refractivity (Wildman–Crippen MR) is 327 cm³/mol. The summed E-state index contributed by atoms with van der Waals surface area (Å²) in [5.41, 5.74) is -5.38. The van der Waals surface area contributed by atoms with E-state index in [-0.39, 0.29) is 44.6 Å². The topological polar surface area (TPSA) is 474 Å². The van der Waals surface area contributed by atoms with Gasteiger partial charge in [0.1, 0.15) is 98.4 Å². The molecule has 498 valence electrons. The summed E-state index contributed by atoms with van der Waals surface area (Å²) >= 11 is 0. The van der Waals surface area contributed by atoms with Gasteiger partial charge in [0.15, 0.2) is 33.6 Å². The van der Waals surface area contributed by atoms with Crippen LogP contribution in [-0.4, -0.2) is 173 Å². The summed E-state index contributed by atoms with van der Waals surface area (Å²) in [5.74, 6) is -23.9. The van der Waals surface area contributed by atoms with Crippen LogP contribution in [-0.2, 0) is 39.9 Å². The molecule has 6 aromatic rings. The van der Waals surface area contributed by atoms with E-state index in [1.54, 1.807) is 0 Å². The van der Waals surface area contributed by atoms with Crippen LogP contribution in [0.1, 0.15) is 79.6 Å². The SMILES string of the molecule is CN(C)[C@@H]1C(OC(=O)c2cc(=O)c3c(OCC(O)COc4cccc5oc(C(=O)OC6=C(C(N)=O)C(=O)[C@@]7(O)C(O)=C8C(=O)c9c(O)cccc9[C@@](C)(O)[C@H]8C[C@H]7[C@@H]6N(C)C)cc(=O)c45)cccc3o2)=C(C(N)=O)C(=O)[C@@]2(O)C(O)=C3C(=O)c4c(O)cccc4[C@@](C)(O)[C@H]3C[C@@H]12. The molecule has 0 radical (unpaired) electrons. The lowest BCUT2D eigenvalue weighted by atomic mass is 9.55. The van der Waals surface area contributed by atoms with Gasteiger partial charge in [-0.1, -0.05) is 36.4 Å². The predicted octanol–water partition coefficient (Wildman–Crippen LogP) is 1.51. The van der Waals surface area contributed by atoms with Gasteiger partial charge in [-0.15, -0.1) is 0 Å². The molecule has 0 aliphatic heterocycles. The number of carbonyl (C=O) groups is 8. The van der Waals surface area contributed by atoms with E-state index in [1.807, 2.05) is 0 Å². The van der Waals surface area contributed by atoms with Gasteiger partial charge in [0.2, 0.25) is 23.1 Å². The van der Waals surface area contributed by atoms with Crippen molar-refractivity contribution in [3.05, 3.63) is 184 Å². The lowest BCUT2D eigenvalue weighted by molar-refractivity contribution is -0.152. The summed E-state index contributed by atoms with van der Waals surface area (Å²) in [6, 6.07) is 14.2. The molecule has 96 heavy (non-hydrogen) atoms. The number of ketones is 4. The lowest BCUT2D eigenvalue weighted by Crippen LogP contribution is -2.65. The molecule has 2 amide bonds. The zero-order valence-corrected chi connectivity index (χ0v) is 51.6. The number of aliphatic hydroxyl groups excluding tert-OH is 3. The van der Waals surface area contributed by atoms with E-state index in [2.05, 4.69) is 0 Å². The number of amides is 2. The van der Waals surface area contributed by atoms with E-state index < -0.39 is 228 Å². The van der Waals surface area contributed by atoms with Crippen molar-refractivity contribution < 1.29 is 112 Å². The molecule has 6 aliphatic rings. The van der Waals surface area contributed by atoms with Crippen LogP contribution in [0.4, 0.5) is 0 Å². The minimum absolute atomic E-state index is 0.0204. The monoisotopic (exact) mass is 1320 g/mol. The first-order chi connectivity index (χ1) is 45.1. The maximum atomic E-state index is 14.5. The number of benzene rings is 4. The van der Waals surface area contributed by atoms with Crippen molar-refractivity contribution in [2.75, 3.05) is 41.4 Å². The molecule has 0 bridgehead atoms. The van der Waals surface area contributed by atoms with Gasteiger partial charge in [0.05, 0.1) is 34.4 Å². The number of phenolic OH excluding ortho intramolecular Hbond substituents is 2. The van der Waals surface area contributed by atoms with Crippen molar-refractivity contribution >= 4 is 68.8 Å². The van der Waals surface area contributed by atoms with Crippen LogP contribution in [0.5, 0.6) is 23.0 Å². The van der Waals surface area contributed by atoms with Crippen molar-refractivity contribution in [2.24, 2.45) is 35.1 Å². The highest BCUT2D eigenvalue weighted by Gasteiger charge is 2.68. The number of Topliss-reactive ketones (excluding diaryl/α,β-unsaturated/α-hetero) is 4. The Kier molecular flexibility index (Phi) is 15.5. The zero-order valence-electron chi connectivity index (χ0n) is 51.6. The second kappa shape index (κ2) is 22.8. The Labute approximate surface area is 540 Å². The van der Waals surface area contributed by atoms with Gasteiger partial charge in [-0.25, -0.2) is 9.59 Å². The molecule has 0 saturated carbocycles. The number of esters is 2. The Morgan fingerprint density at radius 2 is 0.917 bits per heavy atom. The number of fused-ring (bicyclic) bond motifs is 8. The van der Waals surface area contributed by atoms with Crippen molar-refractivity contribution in [1.29, 1.82) is 0 Å². The van der Waals surface area contributed by atoms with Crippen LogP contribution in [0, 0.1) is 23.7 Å². The fourth-order valence-electron chi connectivity index (χ4n) is 14.7. The minimum Gasteiger partial charge on any atom is -0.508 e. The van der Waals surface area contributed by atoms with Crippen LogP contribution in [0.2, 0.25) is 0 Å². The molecule has 0 saturated heterocycles. The Morgan fingerprint density at radius 1 is 0.562 bits per heavy atom. The highest BCUT2D eigenvalue weighted by atomic mass is 16.6. The molecule has 12 rings (SSSR count). The Morgan fingerprint density at radius 3 is 1.26 bits per heavy atom. The molecule has 29 heteroatoms. The van der Waals surface area contributed by atoms with Gasteiger partial charge in [0, 0.05) is 47.0 Å². The highest BCUT2D eigenvalue weighted by molar-refractivity contribution is 6.26. The Balaban J connectivity index is 0.756. The maximum absolute atomic E-state index is 14.5. The Bertz CT molecular complexity index is 4500. The van der Waals surface area contributed by atoms with Crippen LogP contribution in [0.3, 0.4) is 0 Å². The zero-order chi connectivity index (χ0) is 69.6. The van der Waals surface area contributed by atoms with E-state index in [9.17, 15) is 93.9 Å². The average molecular weight is 1320 g/mol. The molecule has 0 fully saturated rings. The minimum atomic E-state index is -3.08. The van der Waals surface area contributed by atoms with Crippen molar-refractivity contribution in [2.45, 2.75) is 67.3 Å². The number of phenols is 2. The number of nitrogens with two attached hydrogens (primary N) is 2. The number of primary amides is 2. The van der Waals surface area contributed by atoms with Crippen LogP contribution in [0.25, 0.3) is 21.9 Å². The number of ether oxygens (including phenoxy) is 4. The maximum Gasteiger partial charge on any atom is 0.379 e. The van der Waals surface area contributed by atoms with Crippen LogP contribution in [0.15, 0.2) is 149 Å². The number of aliphatic hydroxyl groups is 7. The summed E-state index contributed by atoms with van der Waals surface area (Å²) in [7, 11) is 5.63. The average Bonchev–Trinajstić information content (AvgIpc) is 0.694. The highest BCUT2D eigenvalue weighted by Crippen LogP contribution is 2.59. The third-order valence-electron chi connectivity index (χ3n) is 19.1. The number of hydrogen-bond acceptors (Lipinski definition) is 27. The first-order valence-corrected chi connectivity index (χ1v) is 29.6. The van der Waals surface area contributed by atoms with Crippen LogP contribution < -0.4 is 31.8 Å². The number of aromatic hydroxyl groups is 2. The lowest BCUT2D eigenvalue weighted by Gasteiger charge is -2.53. The molecule has 0 spiro atoms. The molecule has 2 aromatic heterocycles. The summed E-state index contributed by atoms with van der Waals surface area (Å²) in [6.45, 7) is 1.43. The molecular weight excluding hydrogens is 1260 g/mol. The third-order valence-corrected chi connectivity index (χ3v) is 19.1. The first-order valence-electron chi connectivity index (χ1n) is 29.6. The van der Waals surface area contributed by atoms with Crippen molar-refractivity contribution in [3.8, 4) is 23.0 Å².